The predicted molar refractivity (Wildman–Crippen MR) is 108 cm³/mol. The Labute approximate surface area is 161 Å². The minimum Gasteiger partial charge on any atom is -0.494 e. The maximum absolute atomic E-state index is 12.3. The van der Waals surface area contributed by atoms with Gasteiger partial charge in [0.15, 0.2) is 0 Å². The van der Waals surface area contributed by atoms with Crippen LogP contribution in [0.1, 0.15) is 30.1 Å². The van der Waals surface area contributed by atoms with Crippen LogP contribution in [0.2, 0.25) is 0 Å². The van der Waals surface area contributed by atoms with Crippen molar-refractivity contribution in [2.75, 3.05) is 26.2 Å². The summed E-state index contributed by atoms with van der Waals surface area (Å²) in [6.45, 7) is 5.49. The summed E-state index contributed by atoms with van der Waals surface area (Å²) in [7, 11) is 0. The lowest BCUT2D eigenvalue weighted by Gasteiger charge is -2.22. The Bertz CT molecular complexity index is 697. The molecule has 1 saturated heterocycles. The molecule has 0 aromatic heterocycles. The number of piperidine rings is 1. The Hall–Kier alpha value is -2.04. The molecule has 1 aliphatic rings. The molecule has 0 unspecified atom stereocenters. The molecule has 140 valence electrons. The van der Waals surface area contributed by atoms with Crippen molar-refractivity contribution in [3.8, 4) is 16.9 Å². The average Bonchev–Trinajstić information content (AvgIpc) is 2.67. The Balaban J connectivity index is 0.00000243. The molecule has 2 aromatic rings. The van der Waals surface area contributed by atoms with Crippen molar-refractivity contribution >= 4 is 18.3 Å². The molecule has 0 aliphatic carbocycles. The molecule has 4 nitrogen and oxygen atoms in total. The van der Waals surface area contributed by atoms with E-state index in [1.165, 1.54) is 0 Å². The molecular formula is C21H27ClN2O2. The van der Waals surface area contributed by atoms with Crippen LogP contribution in [0, 0.1) is 5.92 Å². The fraction of sp³-hybridized carbons (Fsp3) is 0.381. The number of hydrogen-bond acceptors (Lipinski definition) is 3. The van der Waals surface area contributed by atoms with Crippen LogP contribution >= 0.6 is 12.4 Å². The van der Waals surface area contributed by atoms with Gasteiger partial charge in [0.05, 0.1) is 6.61 Å². The van der Waals surface area contributed by atoms with Gasteiger partial charge < -0.3 is 15.4 Å². The second kappa shape index (κ2) is 10.2. The molecule has 5 heteroatoms. The highest BCUT2D eigenvalue weighted by atomic mass is 35.5. The Kier molecular flexibility index (Phi) is 7.95. The molecule has 2 aromatic carbocycles. The summed E-state index contributed by atoms with van der Waals surface area (Å²) in [6, 6.07) is 15.8. The minimum absolute atomic E-state index is 0. The highest BCUT2D eigenvalue weighted by Crippen LogP contribution is 2.24. The standard InChI is InChI=1S/C21H26N2O2.ClH/c1-2-25-20-5-3-4-19(14-20)17-6-8-18(9-7-17)21(24)23-15-16-10-12-22-13-11-16;/h3-9,14,16,22H,2,10-13,15H2,1H3,(H,23,24);1H. The highest BCUT2D eigenvalue weighted by molar-refractivity contribution is 5.94. The quantitative estimate of drug-likeness (QED) is 0.806. The Morgan fingerprint density at radius 2 is 1.85 bits per heavy atom. The molecule has 0 spiro atoms. The van der Waals surface area contributed by atoms with Crippen LogP contribution in [0.4, 0.5) is 0 Å². The normalized spacial score (nSPS) is 14.3. The zero-order valence-corrected chi connectivity index (χ0v) is 16.0. The van der Waals surface area contributed by atoms with Crippen molar-refractivity contribution in [2.45, 2.75) is 19.8 Å². The van der Waals surface area contributed by atoms with Crippen molar-refractivity contribution in [3.63, 3.8) is 0 Å². The molecule has 0 atom stereocenters. The van der Waals surface area contributed by atoms with Crippen molar-refractivity contribution < 1.29 is 9.53 Å². The van der Waals surface area contributed by atoms with Gasteiger partial charge in [-0.05, 0) is 74.2 Å². The first-order valence-electron chi connectivity index (χ1n) is 9.08. The van der Waals surface area contributed by atoms with Crippen LogP contribution in [0.15, 0.2) is 48.5 Å². The molecule has 1 aliphatic heterocycles. The monoisotopic (exact) mass is 374 g/mol. The summed E-state index contributed by atoms with van der Waals surface area (Å²) in [6.07, 6.45) is 2.27. The van der Waals surface area contributed by atoms with E-state index < -0.39 is 0 Å². The number of ether oxygens (including phenoxy) is 1. The van der Waals surface area contributed by atoms with E-state index in [-0.39, 0.29) is 18.3 Å². The van der Waals surface area contributed by atoms with Crippen LogP contribution in [0.5, 0.6) is 5.75 Å². The first-order chi connectivity index (χ1) is 12.3. The average molecular weight is 375 g/mol. The number of carbonyl (C=O) groups excluding carboxylic acids is 1. The maximum atomic E-state index is 12.3. The minimum atomic E-state index is 0. The van der Waals surface area contributed by atoms with Gasteiger partial charge in [0.25, 0.3) is 5.91 Å². The number of nitrogens with one attached hydrogen (secondary N) is 2. The van der Waals surface area contributed by atoms with Crippen LogP contribution in [-0.2, 0) is 0 Å². The number of hydrogen-bond donors (Lipinski definition) is 2. The lowest BCUT2D eigenvalue weighted by molar-refractivity contribution is 0.0944. The fourth-order valence-electron chi connectivity index (χ4n) is 3.17. The smallest absolute Gasteiger partial charge is 0.251 e. The SMILES string of the molecule is CCOc1cccc(-c2ccc(C(=O)NCC3CCNCC3)cc2)c1.Cl. The van der Waals surface area contributed by atoms with Gasteiger partial charge >= 0.3 is 0 Å². The number of amides is 1. The zero-order valence-electron chi connectivity index (χ0n) is 15.2. The van der Waals surface area contributed by atoms with Crippen molar-refractivity contribution in [2.24, 2.45) is 5.92 Å². The largest absolute Gasteiger partial charge is 0.494 e. The third-order valence-electron chi connectivity index (χ3n) is 4.64. The molecule has 1 heterocycles. The van der Waals surface area contributed by atoms with Gasteiger partial charge in [0, 0.05) is 12.1 Å². The topological polar surface area (TPSA) is 50.4 Å². The Morgan fingerprint density at radius 3 is 2.54 bits per heavy atom. The summed E-state index contributed by atoms with van der Waals surface area (Å²) < 4.78 is 5.55. The lowest BCUT2D eigenvalue weighted by atomic mass is 9.98. The van der Waals surface area contributed by atoms with E-state index in [1.54, 1.807) is 0 Å². The molecule has 0 saturated carbocycles. The van der Waals surface area contributed by atoms with E-state index in [0.29, 0.717) is 18.1 Å². The number of benzene rings is 2. The van der Waals surface area contributed by atoms with E-state index in [4.69, 9.17) is 4.74 Å². The second-order valence-corrected chi connectivity index (χ2v) is 6.44. The summed E-state index contributed by atoms with van der Waals surface area (Å²) >= 11 is 0. The van der Waals surface area contributed by atoms with Crippen molar-refractivity contribution in [1.82, 2.24) is 10.6 Å². The third-order valence-corrected chi connectivity index (χ3v) is 4.64. The molecule has 1 fully saturated rings. The first-order valence-corrected chi connectivity index (χ1v) is 9.08. The van der Waals surface area contributed by atoms with E-state index >= 15 is 0 Å². The van der Waals surface area contributed by atoms with E-state index in [9.17, 15) is 4.79 Å². The van der Waals surface area contributed by atoms with Gasteiger partial charge in [0.1, 0.15) is 5.75 Å². The van der Waals surface area contributed by atoms with Gasteiger partial charge in [-0.2, -0.15) is 0 Å². The highest BCUT2D eigenvalue weighted by Gasteiger charge is 2.14. The van der Waals surface area contributed by atoms with E-state index in [2.05, 4.69) is 16.7 Å². The van der Waals surface area contributed by atoms with Gasteiger partial charge in [-0.1, -0.05) is 24.3 Å². The lowest BCUT2D eigenvalue weighted by Crippen LogP contribution is -2.35. The summed E-state index contributed by atoms with van der Waals surface area (Å²) in [5.74, 6) is 1.46. The van der Waals surface area contributed by atoms with Crippen molar-refractivity contribution in [1.29, 1.82) is 0 Å². The Morgan fingerprint density at radius 1 is 1.12 bits per heavy atom. The molecule has 0 bridgehead atoms. The molecule has 1 amide bonds. The fourth-order valence-corrected chi connectivity index (χ4v) is 3.17. The van der Waals surface area contributed by atoms with Crippen LogP contribution < -0.4 is 15.4 Å². The number of carbonyl (C=O) groups is 1. The first kappa shape index (κ1) is 20.3. The second-order valence-electron chi connectivity index (χ2n) is 6.44. The van der Waals surface area contributed by atoms with E-state index in [1.807, 2.05) is 49.4 Å². The number of halogens is 1. The predicted octanol–water partition coefficient (Wildman–Crippen LogP) is 3.90. The molecule has 2 N–H and O–H groups in total. The maximum Gasteiger partial charge on any atom is 0.251 e. The summed E-state index contributed by atoms with van der Waals surface area (Å²) in [5.41, 5.74) is 2.88. The molecule has 3 rings (SSSR count). The van der Waals surface area contributed by atoms with Gasteiger partial charge in [0.2, 0.25) is 0 Å². The molecule has 0 radical (unpaired) electrons. The third kappa shape index (κ3) is 5.48. The van der Waals surface area contributed by atoms with Gasteiger partial charge in [-0.15, -0.1) is 12.4 Å². The van der Waals surface area contributed by atoms with Crippen LogP contribution in [0.25, 0.3) is 11.1 Å². The van der Waals surface area contributed by atoms with Gasteiger partial charge in [-0.25, -0.2) is 0 Å². The molecular weight excluding hydrogens is 348 g/mol. The van der Waals surface area contributed by atoms with Crippen LogP contribution in [0.3, 0.4) is 0 Å². The molecule has 26 heavy (non-hydrogen) atoms. The zero-order chi connectivity index (χ0) is 17.5. The van der Waals surface area contributed by atoms with E-state index in [0.717, 1.165) is 49.4 Å². The van der Waals surface area contributed by atoms with Crippen molar-refractivity contribution in [3.05, 3.63) is 54.1 Å². The number of rotatable bonds is 6. The van der Waals surface area contributed by atoms with Gasteiger partial charge in [-0.3, -0.25) is 4.79 Å². The summed E-state index contributed by atoms with van der Waals surface area (Å²) in [4.78, 5) is 12.3. The van der Waals surface area contributed by atoms with Crippen LogP contribution in [-0.4, -0.2) is 32.1 Å². The summed E-state index contributed by atoms with van der Waals surface area (Å²) in [5, 5.41) is 6.41.